The van der Waals surface area contributed by atoms with E-state index in [1.54, 1.807) is 18.6 Å². The van der Waals surface area contributed by atoms with Gasteiger partial charge < -0.3 is 9.84 Å². The summed E-state index contributed by atoms with van der Waals surface area (Å²) < 4.78 is 32.2. The van der Waals surface area contributed by atoms with Crippen LogP contribution in [0.4, 0.5) is 0 Å². The van der Waals surface area contributed by atoms with Crippen molar-refractivity contribution in [1.82, 2.24) is 4.31 Å². The van der Waals surface area contributed by atoms with Gasteiger partial charge in [0, 0.05) is 24.6 Å². The molecule has 1 saturated carbocycles. The molecule has 0 spiro atoms. The lowest BCUT2D eigenvalue weighted by molar-refractivity contribution is 0.164. The first-order chi connectivity index (χ1) is 9.52. The maximum atomic E-state index is 12.8. The first kappa shape index (κ1) is 15.9. The molecule has 0 saturated heterocycles. The first-order valence-corrected chi connectivity index (χ1v) is 9.02. The second-order valence-corrected chi connectivity index (χ2v) is 7.91. The van der Waals surface area contributed by atoms with Gasteiger partial charge in [-0.1, -0.05) is 0 Å². The zero-order valence-corrected chi connectivity index (χ0v) is 13.4. The van der Waals surface area contributed by atoms with Gasteiger partial charge in [0.25, 0.3) is 0 Å². The molecule has 1 fully saturated rings. The molecule has 1 heterocycles. The SMILES string of the molecule is COCCN(C(C)C1CC1)S(=O)(=O)c1ccsc1CO. The quantitative estimate of drug-likeness (QED) is 0.791. The second kappa shape index (κ2) is 6.53. The molecule has 1 aromatic heterocycles. The van der Waals surface area contributed by atoms with E-state index >= 15 is 0 Å². The Balaban J connectivity index is 2.30. The van der Waals surface area contributed by atoms with Crippen LogP contribution in [0.3, 0.4) is 0 Å². The van der Waals surface area contributed by atoms with Gasteiger partial charge in [-0.15, -0.1) is 11.3 Å². The standard InChI is InChI=1S/C13H21NO4S2/c1-10(11-3-4-11)14(6-7-18-2)20(16,17)13-5-8-19-12(13)9-15/h5,8,10-11,15H,3-4,6-7,9H2,1-2H3. The number of hydrogen-bond acceptors (Lipinski definition) is 5. The minimum Gasteiger partial charge on any atom is -0.391 e. The zero-order valence-electron chi connectivity index (χ0n) is 11.8. The predicted molar refractivity (Wildman–Crippen MR) is 78.2 cm³/mol. The van der Waals surface area contributed by atoms with Gasteiger partial charge in [-0.05, 0) is 37.1 Å². The van der Waals surface area contributed by atoms with Gasteiger partial charge >= 0.3 is 0 Å². The number of thiophene rings is 1. The molecule has 0 aromatic carbocycles. The van der Waals surface area contributed by atoms with Crippen LogP contribution >= 0.6 is 11.3 Å². The van der Waals surface area contributed by atoms with Crippen molar-refractivity contribution in [3.63, 3.8) is 0 Å². The molecule has 1 unspecified atom stereocenters. The molecule has 114 valence electrons. The molecule has 1 N–H and O–H groups in total. The Labute approximate surface area is 124 Å². The van der Waals surface area contributed by atoms with Crippen molar-refractivity contribution in [1.29, 1.82) is 0 Å². The Hall–Kier alpha value is -0.470. The molecule has 1 aromatic rings. The number of ether oxygens (including phenoxy) is 1. The van der Waals surface area contributed by atoms with Crippen LogP contribution in [0.1, 0.15) is 24.6 Å². The predicted octanol–water partition coefficient (Wildman–Crippen LogP) is 1.68. The van der Waals surface area contributed by atoms with Crippen molar-refractivity contribution in [2.75, 3.05) is 20.3 Å². The highest BCUT2D eigenvalue weighted by Crippen LogP contribution is 2.37. The summed E-state index contributed by atoms with van der Waals surface area (Å²) in [5.74, 6) is 0.442. The number of aliphatic hydroxyl groups is 1. The van der Waals surface area contributed by atoms with Crippen LogP contribution in [0.15, 0.2) is 16.3 Å². The Bertz CT molecular complexity index is 536. The third kappa shape index (κ3) is 3.23. The molecule has 0 bridgehead atoms. The van der Waals surface area contributed by atoms with Crippen LogP contribution in [-0.4, -0.2) is 44.1 Å². The van der Waals surface area contributed by atoms with Crippen LogP contribution in [0, 0.1) is 5.92 Å². The second-order valence-electron chi connectivity index (χ2n) is 5.05. The number of nitrogens with zero attached hydrogens (tertiary/aromatic N) is 1. The van der Waals surface area contributed by atoms with E-state index in [9.17, 15) is 13.5 Å². The highest BCUT2D eigenvalue weighted by atomic mass is 32.2. The third-order valence-electron chi connectivity index (χ3n) is 3.71. The Kier molecular flexibility index (Phi) is 5.19. The van der Waals surface area contributed by atoms with Crippen molar-refractivity contribution >= 4 is 21.4 Å². The molecular formula is C13H21NO4S2. The van der Waals surface area contributed by atoms with Crippen LogP contribution in [-0.2, 0) is 21.4 Å². The van der Waals surface area contributed by atoms with Gasteiger partial charge in [0.05, 0.1) is 18.1 Å². The third-order valence-corrected chi connectivity index (χ3v) is 6.81. The van der Waals surface area contributed by atoms with E-state index in [4.69, 9.17) is 4.74 Å². The molecule has 2 rings (SSSR count). The summed E-state index contributed by atoms with van der Waals surface area (Å²) in [7, 11) is -2.01. The van der Waals surface area contributed by atoms with E-state index in [1.807, 2.05) is 6.92 Å². The number of hydrogen-bond donors (Lipinski definition) is 1. The summed E-state index contributed by atoms with van der Waals surface area (Å²) in [6.07, 6.45) is 2.16. The van der Waals surface area contributed by atoms with E-state index in [2.05, 4.69) is 0 Å². The van der Waals surface area contributed by atoms with E-state index in [1.165, 1.54) is 15.6 Å². The van der Waals surface area contributed by atoms with E-state index in [0.29, 0.717) is 23.9 Å². The van der Waals surface area contributed by atoms with Gasteiger partial charge in [-0.2, -0.15) is 4.31 Å². The molecule has 20 heavy (non-hydrogen) atoms. The average Bonchev–Trinajstić information content (AvgIpc) is 3.15. The monoisotopic (exact) mass is 319 g/mol. The van der Waals surface area contributed by atoms with Gasteiger partial charge in [0.15, 0.2) is 0 Å². The van der Waals surface area contributed by atoms with Crippen LogP contribution in [0.25, 0.3) is 0 Å². The van der Waals surface area contributed by atoms with Crippen molar-refractivity contribution in [2.24, 2.45) is 5.92 Å². The molecule has 7 heteroatoms. The summed E-state index contributed by atoms with van der Waals surface area (Å²) in [5, 5.41) is 11.0. The minimum atomic E-state index is -3.57. The molecule has 0 radical (unpaired) electrons. The number of methoxy groups -OCH3 is 1. The smallest absolute Gasteiger partial charge is 0.244 e. The Morgan fingerprint density at radius 3 is 2.80 bits per heavy atom. The van der Waals surface area contributed by atoms with Crippen molar-refractivity contribution < 1.29 is 18.3 Å². The van der Waals surface area contributed by atoms with Crippen molar-refractivity contribution in [2.45, 2.75) is 37.3 Å². The molecule has 5 nitrogen and oxygen atoms in total. The minimum absolute atomic E-state index is 0.0263. The van der Waals surface area contributed by atoms with Gasteiger partial charge in [-0.3, -0.25) is 0 Å². The maximum absolute atomic E-state index is 12.8. The van der Waals surface area contributed by atoms with Crippen molar-refractivity contribution in [3.8, 4) is 0 Å². The molecule has 1 aliphatic rings. The highest BCUT2D eigenvalue weighted by Gasteiger charge is 2.38. The van der Waals surface area contributed by atoms with E-state index < -0.39 is 10.0 Å². The lowest BCUT2D eigenvalue weighted by Crippen LogP contribution is -2.42. The lowest BCUT2D eigenvalue weighted by Gasteiger charge is -2.28. The van der Waals surface area contributed by atoms with Gasteiger partial charge in [0.2, 0.25) is 10.0 Å². The van der Waals surface area contributed by atoms with E-state index in [-0.39, 0.29) is 17.5 Å². The highest BCUT2D eigenvalue weighted by molar-refractivity contribution is 7.89. The fraction of sp³-hybridized carbons (Fsp3) is 0.692. The summed E-state index contributed by atoms with van der Waals surface area (Å²) in [4.78, 5) is 0.726. The maximum Gasteiger partial charge on any atom is 0.244 e. The summed E-state index contributed by atoms with van der Waals surface area (Å²) in [5.41, 5.74) is 0. The van der Waals surface area contributed by atoms with Crippen molar-refractivity contribution in [3.05, 3.63) is 16.3 Å². The summed E-state index contributed by atoms with van der Waals surface area (Å²) >= 11 is 1.27. The average molecular weight is 319 g/mol. The zero-order chi connectivity index (χ0) is 14.8. The number of sulfonamides is 1. The van der Waals surface area contributed by atoms with Crippen LogP contribution in [0.5, 0.6) is 0 Å². The Morgan fingerprint density at radius 2 is 2.25 bits per heavy atom. The van der Waals surface area contributed by atoms with E-state index in [0.717, 1.165) is 12.8 Å². The molecule has 0 amide bonds. The molecular weight excluding hydrogens is 298 g/mol. The largest absolute Gasteiger partial charge is 0.391 e. The topological polar surface area (TPSA) is 66.8 Å². The van der Waals surface area contributed by atoms with Crippen LogP contribution < -0.4 is 0 Å². The van der Waals surface area contributed by atoms with Gasteiger partial charge in [0.1, 0.15) is 0 Å². The Morgan fingerprint density at radius 1 is 1.55 bits per heavy atom. The lowest BCUT2D eigenvalue weighted by atomic mass is 10.2. The van der Waals surface area contributed by atoms with Gasteiger partial charge in [-0.25, -0.2) is 8.42 Å². The van der Waals surface area contributed by atoms with Crippen LogP contribution in [0.2, 0.25) is 0 Å². The first-order valence-electron chi connectivity index (χ1n) is 6.70. The summed E-state index contributed by atoms with van der Waals surface area (Å²) in [6, 6.07) is 1.55. The molecule has 1 aliphatic carbocycles. The summed E-state index contributed by atoms with van der Waals surface area (Å²) in [6.45, 7) is 2.42. The number of rotatable bonds is 8. The molecule has 1 atom stereocenters. The molecule has 0 aliphatic heterocycles. The normalized spacial score (nSPS) is 17.6. The number of aliphatic hydroxyl groups excluding tert-OH is 1. The fourth-order valence-electron chi connectivity index (χ4n) is 2.34. The fourth-order valence-corrected chi connectivity index (χ4v) is 5.28.